The molecule has 0 radical (unpaired) electrons. The van der Waals surface area contributed by atoms with E-state index < -0.39 is 0 Å². The molecule has 0 fully saturated rings. The van der Waals surface area contributed by atoms with E-state index in [1.165, 1.54) is 5.56 Å². The van der Waals surface area contributed by atoms with Crippen molar-refractivity contribution in [3.63, 3.8) is 0 Å². The Labute approximate surface area is 66.3 Å². The zero-order valence-corrected chi connectivity index (χ0v) is 7.14. The maximum atomic E-state index is 10.8. The van der Waals surface area contributed by atoms with Crippen molar-refractivity contribution in [3.8, 4) is 0 Å². The van der Waals surface area contributed by atoms with Crippen LogP contribution in [0.2, 0.25) is 0 Å². The third kappa shape index (κ3) is 1.70. The van der Waals surface area contributed by atoms with E-state index in [4.69, 9.17) is 0 Å². The number of aromatic amines is 1. The first-order chi connectivity index (χ1) is 5.11. The maximum absolute atomic E-state index is 10.8. The molecule has 0 aliphatic heterocycles. The molecular weight excluding hydrogens is 138 g/mol. The summed E-state index contributed by atoms with van der Waals surface area (Å²) >= 11 is 0. The molecule has 1 aromatic rings. The van der Waals surface area contributed by atoms with E-state index in [1.807, 2.05) is 13.0 Å². The molecule has 1 aromatic heterocycles. The van der Waals surface area contributed by atoms with E-state index in [0.717, 1.165) is 5.69 Å². The highest BCUT2D eigenvalue weighted by Crippen LogP contribution is 2.14. The Bertz CT molecular complexity index is 299. The Morgan fingerprint density at radius 1 is 1.36 bits per heavy atom. The fraction of sp³-hybridized carbons (Fsp3) is 0.444. The van der Waals surface area contributed by atoms with Crippen molar-refractivity contribution in [2.75, 3.05) is 0 Å². The first-order valence-electron chi connectivity index (χ1n) is 3.81. The van der Waals surface area contributed by atoms with Gasteiger partial charge >= 0.3 is 0 Å². The summed E-state index contributed by atoms with van der Waals surface area (Å²) in [5.74, 6) is 0.479. The topological polar surface area (TPSA) is 32.9 Å². The van der Waals surface area contributed by atoms with Gasteiger partial charge < -0.3 is 4.98 Å². The second-order valence-corrected chi connectivity index (χ2v) is 3.06. The second kappa shape index (κ2) is 2.91. The van der Waals surface area contributed by atoms with Gasteiger partial charge in [-0.1, -0.05) is 19.9 Å². The van der Waals surface area contributed by atoms with Gasteiger partial charge in [0.25, 0.3) is 0 Å². The number of aromatic nitrogens is 1. The van der Waals surface area contributed by atoms with Gasteiger partial charge in [-0.05, 0) is 18.4 Å². The SMILES string of the molecule is Cc1[nH]c(=O)ccc1C(C)C. The Morgan fingerprint density at radius 2 is 2.00 bits per heavy atom. The van der Waals surface area contributed by atoms with Gasteiger partial charge in [0, 0.05) is 11.8 Å². The highest BCUT2D eigenvalue weighted by atomic mass is 16.1. The zero-order valence-electron chi connectivity index (χ0n) is 7.14. The lowest BCUT2D eigenvalue weighted by molar-refractivity contribution is 0.839. The molecule has 0 aromatic carbocycles. The largest absolute Gasteiger partial charge is 0.326 e. The van der Waals surface area contributed by atoms with Gasteiger partial charge in [-0.15, -0.1) is 0 Å². The average Bonchev–Trinajstić information content (AvgIpc) is 1.85. The summed E-state index contributed by atoms with van der Waals surface area (Å²) in [6, 6.07) is 3.46. The minimum absolute atomic E-state index is 0.0214. The monoisotopic (exact) mass is 151 g/mol. The number of rotatable bonds is 1. The van der Waals surface area contributed by atoms with Gasteiger partial charge in [0.05, 0.1) is 0 Å². The van der Waals surface area contributed by atoms with Crippen molar-refractivity contribution in [1.29, 1.82) is 0 Å². The lowest BCUT2D eigenvalue weighted by Gasteiger charge is -2.07. The molecule has 11 heavy (non-hydrogen) atoms. The summed E-state index contributed by atoms with van der Waals surface area (Å²) < 4.78 is 0. The van der Waals surface area contributed by atoms with E-state index in [2.05, 4.69) is 18.8 Å². The summed E-state index contributed by atoms with van der Waals surface area (Å²) in [5.41, 5.74) is 2.17. The molecule has 0 saturated heterocycles. The van der Waals surface area contributed by atoms with Gasteiger partial charge in [-0.2, -0.15) is 0 Å². The maximum Gasteiger partial charge on any atom is 0.248 e. The summed E-state index contributed by atoms with van der Waals surface area (Å²) in [4.78, 5) is 13.6. The molecule has 60 valence electrons. The van der Waals surface area contributed by atoms with Gasteiger partial charge in [0.1, 0.15) is 0 Å². The van der Waals surface area contributed by atoms with Crippen LogP contribution < -0.4 is 5.56 Å². The Morgan fingerprint density at radius 3 is 2.45 bits per heavy atom. The van der Waals surface area contributed by atoms with Crippen molar-refractivity contribution >= 4 is 0 Å². The van der Waals surface area contributed by atoms with Crippen molar-refractivity contribution < 1.29 is 0 Å². The Balaban J connectivity index is 3.20. The molecule has 0 atom stereocenters. The van der Waals surface area contributed by atoms with Gasteiger partial charge in [-0.25, -0.2) is 0 Å². The number of pyridine rings is 1. The minimum Gasteiger partial charge on any atom is -0.326 e. The molecule has 0 saturated carbocycles. The Hall–Kier alpha value is -1.05. The van der Waals surface area contributed by atoms with Crippen LogP contribution in [0, 0.1) is 6.92 Å². The number of hydrogen-bond donors (Lipinski definition) is 1. The quantitative estimate of drug-likeness (QED) is 0.652. The molecule has 1 rings (SSSR count). The summed E-state index contributed by atoms with van der Waals surface area (Å²) in [5, 5.41) is 0. The third-order valence-corrected chi connectivity index (χ3v) is 1.78. The highest BCUT2D eigenvalue weighted by Gasteiger charge is 2.01. The number of hydrogen-bond acceptors (Lipinski definition) is 1. The smallest absolute Gasteiger partial charge is 0.248 e. The van der Waals surface area contributed by atoms with Gasteiger partial charge in [0.2, 0.25) is 5.56 Å². The molecule has 0 aliphatic carbocycles. The van der Waals surface area contributed by atoms with Crippen LogP contribution in [0.1, 0.15) is 31.0 Å². The van der Waals surface area contributed by atoms with E-state index in [-0.39, 0.29) is 5.56 Å². The molecule has 0 amide bonds. The van der Waals surface area contributed by atoms with Crippen molar-refractivity contribution in [3.05, 3.63) is 33.7 Å². The van der Waals surface area contributed by atoms with E-state index in [9.17, 15) is 4.79 Å². The normalized spacial score (nSPS) is 10.5. The fourth-order valence-electron chi connectivity index (χ4n) is 1.21. The molecule has 0 spiro atoms. The molecule has 1 N–H and O–H groups in total. The predicted molar refractivity (Wildman–Crippen MR) is 45.9 cm³/mol. The summed E-state index contributed by atoms with van der Waals surface area (Å²) in [6.45, 7) is 6.15. The lowest BCUT2D eigenvalue weighted by Crippen LogP contribution is -2.07. The predicted octanol–water partition coefficient (Wildman–Crippen LogP) is 1.81. The fourth-order valence-corrected chi connectivity index (χ4v) is 1.21. The number of H-pyrrole nitrogens is 1. The Kier molecular flexibility index (Phi) is 2.13. The standard InChI is InChI=1S/C9H13NO/c1-6(2)8-4-5-9(11)10-7(8)3/h4-6H,1-3H3,(H,10,11). The van der Waals surface area contributed by atoms with Crippen LogP contribution in [0.5, 0.6) is 0 Å². The van der Waals surface area contributed by atoms with E-state index in [1.54, 1.807) is 6.07 Å². The van der Waals surface area contributed by atoms with Crippen molar-refractivity contribution in [2.45, 2.75) is 26.7 Å². The first kappa shape index (κ1) is 8.05. The van der Waals surface area contributed by atoms with Crippen LogP contribution in [0.4, 0.5) is 0 Å². The minimum atomic E-state index is -0.0214. The van der Waals surface area contributed by atoms with Crippen LogP contribution in [-0.2, 0) is 0 Å². The van der Waals surface area contributed by atoms with Crippen molar-refractivity contribution in [2.24, 2.45) is 0 Å². The van der Waals surface area contributed by atoms with Crippen LogP contribution in [0.3, 0.4) is 0 Å². The van der Waals surface area contributed by atoms with E-state index in [0.29, 0.717) is 5.92 Å². The van der Waals surface area contributed by atoms with Crippen LogP contribution >= 0.6 is 0 Å². The van der Waals surface area contributed by atoms with Crippen LogP contribution in [-0.4, -0.2) is 4.98 Å². The summed E-state index contributed by atoms with van der Waals surface area (Å²) in [7, 11) is 0. The third-order valence-electron chi connectivity index (χ3n) is 1.78. The summed E-state index contributed by atoms with van der Waals surface area (Å²) in [6.07, 6.45) is 0. The number of aryl methyl sites for hydroxylation is 1. The second-order valence-electron chi connectivity index (χ2n) is 3.06. The molecular formula is C9H13NO. The molecule has 2 heteroatoms. The van der Waals surface area contributed by atoms with E-state index >= 15 is 0 Å². The number of nitrogens with one attached hydrogen (secondary N) is 1. The molecule has 0 bridgehead atoms. The molecule has 0 unspecified atom stereocenters. The lowest BCUT2D eigenvalue weighted by atomic mass is 10.0. The van der Waals surface area contributed by atoms with Crippen molar-refractivity contribution in [1.82, 2.24) is 4.98 Å². The zero-order chi connectivity index (χ0) is 8.43. The highest BCUT2D eigenvalue weighted by molar-refractivity contribution is 5.21. The van der Waals surface area contributed by atoms with Gasteiger partial charge in [0.15, 0.2) is 0 Å². The molecule has 2 nitrogen and oxygen atoms in total. The first-order valence-corrected chi connectivity index (χ1v) is 3.81. The molecule has 1 heterocycles. The molecule has 0 aliphatic rings. The van der Waals surface area contributed by atoms with Gasteiger partial charge in [-0.3, -0.25) is 4.79 Å². The van der Waals surface area contributed by atoms with Crippen LogP contribution in [0.25, 0.3) is 0 Å². The average molecular weight is 151 g/mol. The van der Waals surface area contributed by atoms with Crippen LogP contribution in [0.15, 0.2) is 16.9 Å².